The van der Waals surface area contributed by atoms with E-state index in [1.165, 1.54) is 12.4 Å². The Hall–Kier alpha value is -2.17. The molecular weight excluding hydrogens is 392 g/mol. The molecule has 9 nitrogen and oxygen atoms in total. The standard InChI is InChI=1S/C16H20N6O3S.ClH/c1-10-8-17-6-5-12(10)19-15(23)11-3-4-14(13(7-11)22(24)25)26-16-20-18-9-21(16)2;/h3-4,7,9-10,12,17H,5-6,8H2,1-2H3,(H,19,23);1H. The van der Waals surface area contributed by atoms with Crippen molar-refractivity contribution in [3.63, 3.8) is 0 Å². The lowest BCUT2D eigenvalue weighted by molar-refractivity contribution is -0.387. The van der Waals surface area contributed by atoms with E-state index in [2.05, 4.69) is 27.8 Å². The number of nitrogens with zero attached hydrogens (tertiary/aromatic N) is 4. The number of nitrogens with one attached hydrogen (secondary N) is 2. The highest BCUT2D eigenvalue weighted by atomic mass is 35.5. The molecule has 1 saturated heterocycles. The van der Waals surface area contributed by atoms with E-state index in [1.54, 1.807) is 23.7 Å². The molecule has 146 valence electrons. The van der Waals surface area contributed by atoms with Gasteiger partial charge in [-0.15, -0.1) is 22.6 Å². The summed E-state index contributed by atoms with van der Waals surface area (Å²) in [5.41, 5.74) is 0.161. The monoisotopic (exact) mass is 412 g/mol. The van der Waals surface area contributed by atoms with Gasteiger partial charge in [0.2, 0.25) is 0 Å². The maximum atomic E-state index is 12.5. The van der Waals surface area contributed by atoms with Crippen LogP contribution in [0.5, 0.6) is 0 Å². The number of nitro benzene ring substituents is 1. The Labute approximate surface area is 166 Å². The largest absolute Gasteiger partial charge is 0.349 e. The van der Waals surface area contributed by atoms with Gasteiger partial charge in [-0.25, -0.2) is 0 Å². The van der Waals surface area contributed by atoms with Gasteiger partial charge in [-0.3, -0.25) is 14.9 Å². The van der Waals surface area contributed by atoms with Gasteiger partial charge in [0.05, 0.1) is 9.82 Å². The Bertz CT molecular complexity index is 830. The number of aryl methyl sites for hydroxylation is 1. The van der Waals surface area contributed by atoms with Crippen LogP contribution in [0.15, 0.2) is 34.6 Å². The van der Waals surface area contributed by atoms with Crippen molar-refractivity contribution in [3.8, 4) is 0 Å². The van der Waals surface area contributed by atoms with Crippen molar-refractivity contribution in [1.82, 2.24) is 25.4 Å². The molecule has 1 aromatic carbocycles. The number of carbonyl (C=O) groups is 1. The van der Waals surface area contributed by atoms with Gasteiger partial charge in [0.25, 0.3) is 11.6 Å². The topological polar surface area (TPSA) is 115 Å². The van der Waals surface area contributed by atoms with Crippen molar-refractivity contribution in [2.45, 2.75) is 29.4 Å². The van der Waals surface area contributed by atoms with Gasteiger partial charge in [0.1, 0.15) is 6.33 Å². The molecule has 2 N–H and O–H groups in total. The number of hydrogen-bond donors (Lipinski definition) is 2. The van der Waals surface area contributed by atoms with Gasteiger partial charge in [0.15, 0.2) is 5.16 Å². The molecule has 1 fully saturated rings. The van der Waals surface area contributed by atoms with Gasteiger partial charge in [-0.2, -0.15) is 0 Å². The second-order valence-corrected chi connectivity index (χ2v) is 7.33. The number of amides is 1. The molecular formula is C16H21ClN6O3S. The lowest BCUT2D eigenvalue weighted by Crippen LogP contribution is -2.48. The van der Waals surface area contributed by atoms with Gasteiger partial charge in [-0.05, 0) is 49.3 Å². The normalized spacial score (nSPS) is 19.2. The van der Waals surface area contributed by atoms with Crippen LogP contribution in [0.2, 0.25) is 0 Å². The molecule has 1 aromatic heterocycles. The zero-order valence-electron chi connectivity index (χ0n) is 14.9. The van der Waals surface area contributed by atoms with Crippen LogP contribution < -0.4 is 10.6 Å². The van der Waals surface area contributed by atoms with Crippen LogP contribution in [0.25, 0.3) is 0 Å². The molecule has 0 aliphatic carbocycles. The second-order valence-electron chi connectivity index (χ2n) is 6.32. The molecule has 0 saturated carbocycles. The van der Waals surface area contributed by atoms with E-state index >= 15 is 0 Å². The minimum atomic E-state index is -0.483. The quantitative estimate of drug-likeness (QED) is 0.570. The van der Waals surface area contributed by atoms with Crippen molar-refractivity contribution < 1.29 is 9.72 Å². The molecule has 1 amide bonds. The molecule has 2 unspecified atom stereocenters. The van der Waals surface area contributed by atoms with Crippen molar-refractivity contribution in [2.75, 3.05) is 13.1 Å². The fourth-order valence-electron chi connectivity index (χ4n) is 2.83. The average Bonchev–Trinajstić information content (AvgIpc) is 3.02. The molecule has 0 bridgehead atoms. The number of rotatable bonds is 5. The fourth-order valence-corrected chi connectivity index (χ4v) is 3.68. The number of piperidine rings is 1. The zero-order valence-corrected chi connectivity index (χ0v) is 16.5. The van der Waals surface area contributed by atoms with E-state index in [4.69, 9.17) is 0 Å². The van der Waals surface area contributed by atoms with E-state index in [-0.39, 0.29) is 35.6 Å². The van der Waals surface area contributed by atoms with E-state index in [0.717, 1.165) is 31.3 Å². The van der Waals surface area contributed by atoms with Crippen LogP contribution in [0, 0.1) is 16.0 Å². The molecule has 2 atom stereocenters. The van der Waals surface area contributed by atoms with Crippen LogP contribution in [-0.2, 0) is 7.05 Å². The molecule has 0 spiro atoms. The van der Waals surface area contributed by atoms with Crippen molar-refractivity contribution in [2.24, 2.45) is 13.0 Å². The Balaban J connectivity index is 0.00000261. The van der Waals surface area contributed by atoms with Crippen LogP contribution in [-0.4, -0.2) is 44.7 Å². The highest BCUT2D eigenvalue weighted by Gasteiger charge is 2.25. The lowest BCUT2D eigenvalue weighted by Gasteiger charge is -2.30. The molecule has 0 radical (unpaired) electrons. The number of nitro groups is 1. The fraction of sp³-hybridized carbons (Fsp3) is 0.438. The van der Waals surface area contributed by atoms with Crippen LogP contribution in [0.4, 0.5) is 5.69 Å². The van der Waals surface area contributed by atoms with Crippen molar-refractivity contribution in [1.29, 1.82) is 0 Å². The highest BCUT2D eigenvalue weighted by molar-refractivity contribution is 7.99. The number of benzene rings is 1. The summed E-state index contributed by atoms with van der Waals surface area (Å²) >= 11 is 1.14. The number of hydrogen-bond acceptors (Lipinski definition) is 7. The summed E-state index contributed by atoms with van der Waals surface area (Å²) < 4.78 is 1.67. The Morgan fingerprint density at radius 3 is 2.89 bits per heavy atom. The number of aromatic nitrogens is 3. The maximum absolute atomic E-state index is 12.5. The van der Waals surface area contributed by atoms with Crippen LogP contribution in [0.3, 0.4) is 0 Å². The molecule has 11 heteroatoms. The highest BCUT2D eigenvalue weighted by Crippen LogP contribution is 2.34. The summed E-state index contributed by atoms with van der Waals surface area (Å²) in [7, 11) is 1.76. The van der Waals surface area contributed by atoms with E-state index in [1.807, 2.05) is 0 Å². The third-order valence-electron chi connectivity index (χ3n) is 4.39. The first-order chi connectivity index (χ1) is 12.5. The summed E-state index contributed by atoms with van der Waals surface area (Å²) in [4.78, 5) is 23.9. The van der Waals surface area contributed by atoms with E-state index in [9.17, 15) is 14.9 Å². The van der Waals surface area contributed by atoms with Gasteiger partial charge < -0.3 is 15.2 Å². The third-order valence-corrected chi connectivity index (χ3v) is 5.51. The Kier molecular flexibility index (Phi) is 7.17. The smallest absolute Gasteiger partial charge is 0.284 e. The predicted molar refractivity (Wildman–Crippen MR) is 103 cm³/mol. The maximum Gasteiger partial charge on any atom is 0.284 e. The predicted octanol–water partition coefficient (Wildman–Crippen LogP) is 2.02. The summed E-state index contributed by atoms with van der Waals surface area (Å²) in [6.07, 6.45) is 2.37. The molecule has 2 aromatic rings. The lowest BCUT2D eigenvalue weighted by atomic mass is 9.95. The summed E-state index contributed by atoms with van der Waals surface area (Å²) in [6, 6.07) is 4.57. The van der Waals surface area contributed by atoms with Gasteiger partial charge in [-0.1, -0.05) is 6.92 Å². The zero-order chi connectivity index (χ0) is 18.7. The number of carbonyl (C=O) groups excluding carboxylic acids is 1. The molecule has 1 aliphatic rings. The van der Waals surface area contributed by atoms with E-state index < -0.39 is 4.92 Å². The van der Waals surface area contributed by atoms with Crippen LogP contribution in [0.1, 0.15) is 23.7 Å². The van der Waals surface area contributed by atoms with Gasteiger partial charge in [0, 0.05) is 24.7 Å². The number of halogens is 1. The van der Waals surface area contributed by atoms with Crippen molar-refractivity contribution in [3.05, 3.63) is 40.2 Å². The summed E-state index contributed by atoms with van der Waals surface area (Å²) in [5, 5.41) is 26.0. The molecule has 1 aliphatic heterocycles. The second kappa shape index (κ2) is 9.16. The summed E-state index contributed by atoms with van der Waals surface area (Å²) in [6.45, 7) is 3.77. The van der Waals surface area contributed by atoms with Crippen molar-refractivity contribution >= 4 is 35.8 Å². The van der Waals surface area contributed by atoms with E-state index in [0.29, 0.717) is 16.0 Å². The minimum Gasteiger partial charge on any atom is -0.349 e. The first-order valence-electron chi connectivity index (χ1n) is 8.27. The summed E-state index contributed by atoms with van der Waals surface area (Å²) in [5.74, 6) is 0.0236. The average molecular weight is 413 g/mol. The first-order valence-corrected chi connectivity index (χ1v) is 9.09. The molecule has 3 rings (SSSR count). The SMILES string of the molecule is CC1CNCCC1NC(=O)c1ccc(Sc2nncn2C)c([N+](=O)[O-])c1.Cl. The first kappa shape index (κ1) is 21.1. The third kappa shape index (κ3) is 4.96. The Morgan fingerprint density at radius 2 is 2.26 bits per heavy atom. The minimum absolute atomic E-state index is 0. The Morgan fingerprint density at radius 1 is 1.48 bits per heavy atom. The molecule has 2 heterocycles. The van der Waals surface area contributed by atoms with Crippen LogP contribution >= 0.6 is 24.2 Å². The molecule has 27 heavy (non-hydrogen) atoms. The van der Waals surface area contributed by atoms with Gasteiger partial charge >= 0.3 is 0 Å².